The lowest BCUT2D eigenvalue weighted by molar-refractivity contribution is 0.388. The number of hydrogen-bond acceptors (Lipinski definition) is 2. The van der Waals surface area contributed by atoms with Gasteiger partial charge in [-0.15, -0.1) is 0 Å². The van der Waals surface area contributed by atoms with E-state index in [-0.39, 0.29) is 5.82 Å². The summed E-state index contributed by atoms with van der Waals surface area (Å²) in [5, 5.41) is 3.37. The minimum absolute atomic E-state index is 0.190. The van der Waals surface area contributed by atoms with Crippen LogP contribution in [-0.4, -0.2) is 20.2 Å². The Hall–Kier alpha value is -1.09. The summed E-state index contributed by atoms with van der Waals surface area (Å²) in [6, 6.07) is 3.42. The van der Waals surface area contributed by atoms with Crippen LogP contribution in [0.3, 0.4) is 0 Å². The monoisotopic (exact) mass is 223 g/mol. The summed E-state index contributed by atoms with van der Waals surface area (Å²) in [5.74, 6) is 0.934. The third kappa shape index (κ3) is 2.19. The molecule has 0 spiro atoms. The molecular weight excluding hydrogens is 205 g/mol. The van der Waals surface area contributed by atoms with Crippen molar-refractivity contribution in [2.24, 2.45) is 0 Å². The molecule has 2 rings (SSSR count). The Morgan fingerprint density at radius 1 is 1.44 bits per heavy atom. The molecule has 1 fully saturated rings. The summed E-state index contributed by atoms with van der Waals surface area (Å²) >= 11 is 0. The molecule has 16 heavy (non-hydrogen) atoms. The molecule has 1 aromatic rings. The first-order valence-electron chi connectivity index (χ1n) is 5.77. The number of nitrogens with one attached hydrogen (secondary N) is 1. The van der Waals surface area contributed by atoms with E-state index in [9.17, 15) is 4.39 Å². The van der Waals surface area contributed by atoms with E-state index in [1.54, 1.807) is 14.0 Å². The minimum Gasteiger partial charge on any atom is -0.496 e. The van der Waals surface area contributed by atoms with E-state index in [1.165, 1.54) is 12.5 Å². The van der Waals surface area contributed by atoms with Gasteiger partial charge in [-0.2, -0.15) is 0 Å². The maximum Gasteiger partial charge on any atom is 0.129 e. The number of halogens is 1. The fourth-order valence-electron chi connectivity index (χ4n) is 2.30. The molecule has 1 unspecified atom stereocenters. The molecule has 1 aromatic carbocycles. The van der Waals surface area contributed by atoms with Gasteiger partial charge in [0.2, 0.25) is 0 Å². The van der Waals surface area contributed by atoms with Gasteiger partial charge in [0.25, 0.3) is 0 Å². The van der Waals surface area contributed by atoms with Gasteiger partial charge in [0.05, 0.1) is 7.11 Å². The lowest BCUT2D eigenvalue weighted by Crippen LogP contribution is -2.28. The molecule has 0 aromatic heterocycles. The summed E-state index contributed by atoms with van der Waals surface area (Å²) in [6.45, 7) is 3.84. The maximum absolute atomic E-state index is 13.4. The molecule has 1 atom stereocenters. The molecule has 1 heterocycles. The van der Waals surface area contributed by atoms with Gasteiger partial charge >= 0.3 is 0 Å². The lowest BCUT2D eigenvalue weighted by atomic mass is 9.90. The molecule has 0 bridgehead atoms. The van der Waals surface area contributed by atoms with Crippen molar-refractivity contribution >= 4 is 0 Å². The topological polar surface area (TPSA) is 21.3 Å². The zero-order valence-electron chi connectivity index (χ0n) is 9.85. The zero-order valence-corrected chi connectivity index (χ0v) is 9.85. The Morgan fingerprint density at radius 3 is 2.88 bits per heavy atom. The molecule has 1 aliphatic heterocycles. The first kappa shape index (κ1) is 11.4. The fourth-order valence-corrected chi connectivity index (χ4v) is 2.30. The first-order chi connectivity index (χ1) is 7.72. The van der Waals surface area contributed by atoms with Crippen molar-refractivity contribution < 1.29 is 9.13 Å². The number of piperidine rings is 1. The van der Waals surface area contributed by atoms with E-state index in [1.807, 2.05) is 6.07 Å². The van der Waals surface area contributed by atoms with Crippen molar-refractivity contribution in [2.45, 2.75) is 25.7 Å². The molecule has 0 amide bonds. The second kappa shape index (κ2) is 4.83. The van der Waals surface area contributed by atoms with Gasteiger partial charge in [-0.3, -0.25) is 0 Å². The average Bonchev–Trinajstić information content (AvgIpc) is 2.33. The van der Waals surface area contributed by atoms with Crippen LogP contribution < -0.4 is 10.1 Å². The summed E-state index contributed by atoms with van der Waals surface area (Å²) in [5.41, 5.74) is 1.83. The van der Waals surface area contributed by atoms with Crippen molar-refractivity contribution in [1.82, 2.24) is 5.32 Å². The number of methoxy groups -OCH3 is 1. The molecule has 0 aliphatic carbocycles. The predicted molar refractivity (Wildman–Crippen MR) is 62.5 cm³/mol. The maximum atomic E-state index is 13.4. The molecule has 88 valence electrons. The Bertz CT molecular complexity index is 372. The van der Waals surface area contributed by atoms with E-state index in [0.29, 0.717) is 17.2 Å². The number of rotatable bonds is 2. The fraction of sp³-hybridized carbons (Fsp3) is 0.538. The lowest BCUT2D eigenvalue weighted by Gasteiger charge is -2.25. The van der Waals surface area contributed by atoms with Crippen molar-refractivity contribution in [1.29, 1.82) is 0 Å². The molecule has 3 heteroatoms. The van der Waals surface area contributed by atoms with E-state index >= 15 is 0 Å². The first-order valence-corrected chi connectivity index (χ1v) is 5.77. The molecule has 0 radical (unpaired) electrons. The number of ether oxygens (including phenoxy) is 1. The Morgan fingerprint density at radius 2 is 2.25 bits per heavy atom. The number of benzene rings is 1. The minimum atomic E-state index is -0.190. The third-order valence-corrected chi connectivity index (χ3v) is 3.25. The number of hydrogen-bond donors (Lipinski definition) is 1. The normalized spacial score (nSPS) is 20.8. The smallest absolute Gasteiger partial charge is 0.129 e. The van der Waals surface area contributed by atoms with Gasteiger partial charge in [-0.25, -0.2) is 4.39 Å². The van der Waals surface area contributed by atoms with Crippen LogP contribution >= 0.6 is 0 Å². The molecule has 2 nitrogen and oxygen atoms in total. The highest BCUT2D eigenvalue weighted by molar-refractivity contribution is 5.40. The van der Waals surface area contributed by atoms with Crippen LogP contribution in [0.4, 0.5) is 4.39 Å². The van der Waals surface area contributed by atoms with Crippen molar-refractivity contribution in [3.05, 3.63) is 29.1 Å². The Labute approximate surface area is 95.8 Å². The predicted octanol–water partition coefficient (Wildman–Crippen LogP) is 2.61. The van der Waals surface area contributed by atoms with Crippen molar-refractivity contribution in [2.75, 3.05) is 20.2 Å². The van der Waals surface area contributed by atoms with Gasteiger partial charge in [-0.1, -0.05) is 0 Å². The van der Waals surface area contributed by atoms with Crippen LogP contribution in [-0.2, 0) is 0 Å². The number of aryl methyl sites for hydroxylation is 1. The van der Waals surface area contributed by atoms with Crippen LogP contribution in [0.5, 0.6) is 5.75 Å². The van der Waals surface area contributed by atoms with E-state index < -0.39 is 0 Å². The van der Waals surface area contributed by atoms with Crippen LogP contribution in [0.1, 0.15) is 29.9 Å². The average molecular weight is 223 g/mol. The van der Waals surface area contributed by atoms with Gasteiger partial charge in [0, 0.05) is 18.5 Å². The van der Waals surface area contributed by atoms with Crippen LogP contribution in [0.25, 0.3) is 0 Å². The van der Waals surface area contributed by atoms with E-state index in [2.05, 4.69) is 5.32 Å². The highest BCUT2D eigenvalue weighted by atomic mass is 19.1. The Balaban J connectivity index is 2.33. The van der Waals surface area contributed by atoms with Crippen molar-refractivity contribution in [3.8, 4) is 5.75 Å². The molecule has 0 saturated carbocycles. The van der Waals surface area contributed by atoms with Gasteiger partial charge < -0.3 is 10.1 Å². The zero-order chi connectivity index (χ0) is 11.5. The summed E-state index contributed by atoms with van der Waals surface area (Å²) in [6.07, 6.45) is 2.32. The molecule has 1 aliphatic rings. The SMILES string of the molecule is COc1cc(F)c(C)cc1C1CCCNC1. The summed E-state index contributed by atoms with van der Waals surface area (Å²) < 4.78 is 18.7. The quantitative estimate of drug-likeness (QED) is 0.832. The largest absolute Gasteiger partial charge is 0.496 e. The van der Waals surface area contributed by atoms with Crippen LogP contribution in [0.15, 0.2) is 12.1 Å². The summed E-state index contributed by atoms with van der Waals surface area (Å²) in [4.78, 5) is 0. The van der Waals surface area contributed by atoms with Gasteiger partial charge in [0.15, 0.2) is 0 Å². The van der Waals surface area contributed by atoms with Crippen molar-refractivity contribution in [3.63, 3.8) is 0 Å². The summed E-state index contributed by atoms with van der Waals surface area (Å²) in [7, 11) is 1.60. The second-order valence-corrected chi connectivity index (χ2v) is 4.39. The van der Waals surface area contributed by atoms with Crippen LogP contribution in [0, 0.1) is 12.7 Å². The highest BCUT2D eigenvalue weighted by Gasteiger charge is 2.20. The van der Waals surface area contributed by atoms with Crippen LogP contribution in [0.2, 0.25) is 0 Å². The van der Waals surface area contributed by atoms with Gasteiger partial charge in [0.1, 0.15) is 11.6 Å². The van der Waals surface area contributed by atoms with Gasteiger partial charge in [-0.05, 0) is 43.5 Å². The van der Waals surface area contributed by atoms with E-state index in [4.69, 9.17) is 4.74 Å². The third-order valence-electron chi connectivity index (χ3n) is 3.25. The molecule has 1 saturated heterocycles. The standard InChI is InChI=1S/C13H18FNO/c1-9-6-11(10-4-3-5-15-8-10)13(16-2)7-12(9)14/h6-7,10,15H,3-5,8H2,1-2H3. The Kier molecular flexibility index (Phi) is 3.44. The molecular formula is C13H18FNO. The highest BCUT2D eigenvalue weighted by Crippen LogP contribution is 2.32. The second-order valence-electron chi connectivity index (χ2n) is 4.39. The van der Waals surface area contributed by atoms with E-state index in [0.717, 1.165) is 25.1 Å². The molecule has 1 N–H and O–H groups in total.